The molecule has 2 aromatic rings. The largest absolute Gasteiger partial charge is 0.476 e. The van der Waals surface area contributed by atoms with Crippen LogP contribution in [0.25, 0.3) is 0 Å². The Labute approximate surface area is 205 Å². The summed E-state index contributed by atoms with van der Waals surface area (Å²) >= 11 is 6.24. The highest BCUT2D eigenvalue weighted by atomic mass is 35.5. The highest BCUT2D eigenvalue weighted by Gasteiger charge is 2.26. The Kier molecular flexibility index (Phi) is 9.33. The van der Waals surface area contributed by atoms with E-state index in [2.05, 4.69) is 15.0 Å². The van der Waals surface area contributed by atoms with Crippen LogP contribution < -0.4 is 9.47 Å². The first-order valence-corrected chi connectivity index (χ1v) is 11.3. The molecule has 0 bridgehead atoms. The van der Waals surface area contributed by atoms with Crippen molar-refractivity contribution in [3.05, 3.63) is 76.3 Å². The van der Waals surface area contributed by atoms with Crippen molar-refractivity contribution in [2.75, 3.05) is 13.2 Å². The van der Waals surface area contributed by atoms with Crippen LogP contribution >= 0.6 is 11.6 Å². The van der Waals surface area contributed by atoms with Crippen molar-refractivity contribution in [2.45, 2.75) is 53.9 Å². The van der Waals surface area contributed by atoms with Gasteiger partial charge in [0, 0.05) is 17.0 Å². The minimum atomic E-state index is -0.553. The third kappa shape index (κ3) is 8.20. The molecule has 5 nitrogen and oxygen atoms in total. The van der Waals surface area contributed by atoms with Gasteiger partial charge >= 0.3 is 6.01 Å². The molecular weight excluding hydrogens is 460 g/mol. The maximum Gasteiger partial charge on any atom is 0.319 e. The average Bonchev–Trinajstić information content (AvgIpc) is 2.74. The quantitative estimate of drug-likeness (QED) is 0.260. The second kappa shape index (κ2) is 11.6. The molecule has 0 amide bonds. The van der Waals surface area contributed by atoms with Crippen molar-refractivity contribution in [3.8, 4) is 11.9 Å². The maximum absolute atomic E-state index is 13.7. The van der Waals surface area contributed by atoms with E-state index in [0.29, 0.717) is 0 Å². The van der Waals surface area contributed by atoms with Gasteiger partial charge in [-0.1, -0.05) is 57.0 Å². The molecule has 0 saturated carbocycles. The number of hydrogen-bond acceptors (Lipinski definition) is 5. The molecule has 0 atom stereocenters. The van der Waals surface area contributed by atoms with Crippen LogP contribution in [0.4, 0.5) is 8.78 Å². The second-order valence-corrected chi connectivity index (χ2v) is 10.0. The summed E-state index contributed by atoms with van der Waals surface area (Å²) in [6.45, 7) is 13.4. The molecular formula is C26H32ClF2N3O2. The Morgan fingerprint density at radius 1 is 1.06 bits per heavy atom. The molecule has 0 fully saturated rings. The molecule has 0 aliphatic heterocycles. The van der Waals surface area contributed by atoms with Crippen LogP contribution in [0.15, 0.2) is 59.7 Å². The third-order valence-corrected chi connectivity index (χ3v) is 5.32. The van der Waals surface area contributed by atoms with Gasteiger partial charge in [0.2, 0.25) is 11.8 Å². The molecule has 0 N–H and O–H groups in total. The summed E-state index contributed by atoms with van der Waals surface area (Å²) in [6, 6.07) is 3.19. The topological polar surface area (TPSA) is 57.1 Å². The van der Waals surface area contributed by atoms with Crippen LogP contribution in [0.2, 0.25) is 5.02 Å². The van der Waals surface area contributed by atoms with E-state index in [4.69, 9.17) is 21.1 Å². The monoisotopic (exact) mass is 491 g/mol. The number of aromatic nitrogens is 3. The number of hydrogen-bond donors (Lipinski definition) is 0. The smallest absolute Gasteiger partial charge is 0.319 e. The van der Waals surface area contributed by atoms with Gasteiger partial charge in [-0.05, 0) is 50.1 Å². The maximum atomic E-state index is 13.7. The highest BCUT2D eigenvalue weighted by Crippen LogP contribution is 2.32. The fourth-order valence-corrected chi connectivity index (χ4v) is 3.08. The van der Waals surface area contributed by atoms with Crippen molar-refractivity contribution in [1.82, 2.24) is 15.0 Å². The first-order chi connectivity index (χ1) is 15.8. The molecule has 2 heterocycles. The number of nitrogens with zero attached hydrogens (tertiary/aromatic N) is 3. The minimum absolute atomic E-state index is 0.0830. The minimum Gasteiger partial charge on any atom is -0.476 e. The van der Waals surface area contributed by atoms with Gasteiger partial charge in [-0.3, -0.25) is 0 Å². The zero-order valence-electron chi connectivity index (χ0n) is 20.7. The van der Waals surface area contributed by atoms with Crippen molar-refractivity contribution >= 4 is 11.6 Å². The summed E-state index contributed by atoms with van der Waals surface area (Å²) in [6.07, 6.45) is 8.11. The fraction of sp³-hybridized carbons (Fsp3) is 0.423. The van der Waals surface area contributed by atoms with Gasteiger partial charge in [-0.15, -0.1) is 0 Å². The first kappa shape index (κ1) is 27.4. The van der Waals surface area contributed by atoms with Crippen molar-refractivity contribution in [1.29, 1.82) is 0 Å². The van der Waals surface area contributed by atoms with E-state index >= 15 is 0 Å². The Morgan fingerprint density at radius 3 is 2.38 bits per heavy atom. The lowest BCUT2D eigenvalue weighted by Crippen LogP contribution is -2.27. The highest BCUT2D eigenvalue weighted by molar-refractivity contribution is 6.31. The van der Waals surface area contributed by atoms with E-state index < -0.39 is 16.8 Å². The molecule has 2 rings (SSSR count). The lowest BCUT2D eigenvalue weighted by atomic mass is 9.84. The molecule has 0 saturated heterocycles. The van der Waals surface area contributed by atoms with Gasteiger partial charge in [0.1, 0.15) is 11.6 Å². The van der Waals surface area contributed by atoms with Crippen LogP contribution in [-0.4, -0.2) is 28.2 Å². The summed E-state index contributed by atoms with van der Waals surface area (Å²) in [5, 5.41) is 0.227. The molecule has 0 aromatic carbocycles. The molecule has 8 heteroatoms. The van der Waals surface area contributed by atoms with E-state index in [-0.39, 0.29) is 36.0 Å². The van der Waals surface area contributed by atoms with Gasteiger partial charge in [0.05, 0.1) is 18.6 Å². The summed E-state index contributed by atoms with van der Waals surface area (Å²) in [7, 11) is 0. The summed E-state index contributed by atoms with van der Waals surface area (Å²) < 4.78 is 38.9. The predicted octanol–water partition coefficient (Wildman–Crippen LogP) is 7.19. The standard InChI is InChI=1S/C26H32ClF2N3O2/c1-17(2)8-9-19(12-18(3)28)25(4,5)15-33-23-21(27)14-31-24(32-23)34-16-26(6,7)20-10-11-30-22(29)13-20/h8-14H,15-16H2,1-7H3/b18-12+,19-9+. The van der Waals surface area contributed by atoms with Crippen molar-refractivity contribution in [2.24, 2.45) is 5.41 Å². The second-order valence-electron chi connectivity index (χ2n) is 9.62. The third-order valence-electron chi connectivity index (χ3n) is 5.06. The molecule has 0 aliphatic rings. The van der Waals surface area contributed by atoms with Crippen molar-refractivity contribution in [3.63, 3.8) is 0 Å². The van der Waals surface area contributed by atoms with E-state index in [1.54, 1.807) is 6.07 Å². The normalized spacial score (nSPS) is 13.0. The van der Waals surface area contributed by atoms with E-state index in [1.165, 1.54) is 31.5 Å². The van der Waals surface area contributed by atoms with Gasteiger partial charge in [-0.2, -0.15) is 9.37 Å². The van der Waals surface area contributed by atoms with Gasteiger partial charge in [0.25, 0.3) is 0 Å². The summed E-state index contributed by atoms with van der Waals surface area (Å²) in [4.78, 5) is 12.0. The van der Waals surface area contributed by atoms with Crippen LogP contribution in [0.1, 0.15) is 54.0 Å². The summed E-state index contributed by atoms with van der Waals surface area (Å²) in [5.41, 5.74) is 1.54. The Hall–Kier alpha value is -2.80. The van der Waals surface area contributed by atoms with Crippen LogP contribution in [0.3, 0.4) is 0 Å². The number of halogens is 3. The fourth-order valence-electron chi connectivity index (χ4n) is 2.93. The summed E-state index contributed by atoms with van der Waals surface area (Å²) in [5.74, 6) is -0.689. The molecule has 0 spiro atoms. The number of ether oxygens (including phenoxy) is 2. The SMILES string of the molecule is CC(C)=C/C=C(\C=C(/C)F)C(C)(C)COc1nc(OCC(C)(C)c2ccnc(F)c2)ncc1Cl. The zero-order valence-corrected chi connectivity index (χ0v) is 21.5. The molecule has 0 aliphatic carbocycles. The van der Waals surface area contributed by atoms with Gasteiger partial charge < -0.3 is 9.47 Å². The molecule has 0 radical (unpaired) electrons. The van der Waals surface area contributed by atoms with Crippen LogP contribution in [0, 0.1) is 11.4 Å². The van der Waals surface area contributed by atoms with Gasteiger partial charge in [-0.25, -0.2) is 14.4 Å². The molecule has 2 aromatic heterocycles. The van der Waals surface area contributed by atoms with Crippen LogP contribution in [-0.2, 0) is 5.41 Å². The lowest BCUT2D eigenvalue weighted by molar-refractivity contribution is 0.195. The Bertz CT molecular complexity index is 1090. The van der Waals surface area contributed by atoms with E-state index in [0.717, 1.165) is 16.7 Å². The molecule has 0 unspecified atom stereocenters. The Morgan fingerprint density at radius 2 is 1.76 bits per heavy atom. The van der Waals surface area contributed by atoms with Crippen molar-refractivity contribution < 1.29 is 18.3 Å². The Balaban J connectivity index is 2.16. The first-order valence-electron chi connectivity index (χ1n) is 10.9. The lowest BCUT2D eigenvalue weighted by Gasteiger charge is -2.27. The van der Waals surface area contributed by atoms with Crippen LogP contribution in [0.5, 0.6) is 11.9 Å². The number of allylic oxidation sites excluding steroid dienone is 5. The molecule has 184 valence electrons. The van der Waals surface area contributed by atoms with E-state index in [9.17, 15) is 8.78 Å². The van der Waals surface area contributed by atoms with E-state index in [1.807, 2.05) is 53.7 Å². The number of pyridine rings is 1. The molecule has 34 heavy (non-hydrogen) atoms. The zero-order chi connectivity index (χ0) is 25.5. The van der Waals surface area contributed by atoms with Gasteiger partial charge in [0.15, 0.2) is 0 Å². The average molecular weight is 492 g/mol. The predicted molar refractivity (Wildman–Crippen MR) is 131 cm³/mol. The number of rotatable bonds is 10.